The zero-order chi connectivity index (χ0) is 24.3. The van der Waals surface area contributed by atoms with E-state index in [-0.39, 0.29) is 12.7 Å². The van der Waals surface area contributed by atoms with Gasteiger partial charge in [0.05, 0.1) is 6.61 Å². The van der Waals surface area contributed by atoms with Gasteiger partial charge in [0.15, 0.2) is 0 Å². The Hall–Kier alpha value is -1.51. The average molecular weight is 476 g/mol. The summed E-state index contributed by atoms with van der Waals surface area (Å²) in [6.07, 6.45) is 7.84. The molecule has 2 fully saturated rings. The van der Waals surface area contributed by atoms with Crippen molar-refractivity contribution in [2.24, 2.45) is 11.8 Å². The number of hydroxylamine groups is 2. The summed E-state index contributed by atoms with van der Waals surface area (Å²) in [6.45, 7) is 8.14. The fourth-order valence-electron chi connectivity index (χ4n) is 5.22. The SMILES string of the molecule is CC[C@H]1CN(Cc2cccc(CN(CCN(C)C)CC3CCCCC3)c2)O[C@H]1COCC(=O)O. The lowest BCUT2D eigenvalue weighted by Crippen LogP contribution is -2.35. The molecule has 7 heteroatoms. The summed E-state index contributed by atoms with van der Waals surface area (Å²) in [4.78, 5) is 21.8. The highest BCUT2D eigenvalue weighted by Crippen LogP contribution is 2.27. The second kappa shape index (κ2) is 14.1. The Morgan fingerprint density at radius 2 is 1.94 bits per heavy atom. The standard InChI is InChI=1S/C27H45N3O4/c1-4-25-19-30(34-26(25)20-33-21-27(31)32)18-24-12-8-11-23(15-24)17-29(14-13-28(2)3)16-22-9-6-5-7-10-22/h8,11-12,15,22,25-26H,4-7,9-10,13-14,16-21H2,1-3H3,(H,31,32)/t25-,26-/m0/s1. The third-order valence-electron chi connectivity index (χ3n) is 7.14. The van der Waals surface area contributed by atoms with Gasteiger partial charge in [-0.25, -0.2) is 4.79 Å². The molecule has 0 aromatic heterocycles. The number of ether oxygens (including phenoxy) is 1. The molecule has 0 amide bonds. The molecular formula is C27H45N3O4. The minimum absolute atomic E-state index is 0.0791. The van der Waals surface area contributed by atoms with Gasteiger partial charge in [-0.15, -0.1) is 0 Å². The van der Waals surface area contributed by atoms with Crippen LogP contribution in [0.25, 0.3) is 0 Å². The van der Waals surface area contributed by atoms with Gasteiger partial charge in [-0.05, 0) is 50.4 Å². The predicted octanol–water partition coefficient (Wildman–Crippen LogP) is 3.87. The molecule has 0 radical (unpaired) electrons. The van der Waals surface area contributed by atoms with Crippen LogP contribution in [0.15, 0.2) is 24.3 Å². The van der Waals surface area contributed by atoms with Crippen molar-refractivity contribution in [3.63, 3.8) is 0 Å². The summed E-state index contributed by atoms with van der Waals surface area (Å²) in [7, 11) is 4.30. The van der Waals surface area contributed by atoms with Gasteiger partial charge >= 0.3 is 5.97 Å². The molecule has 3 rings (SSSR count). The van der Waals surface area contributed by atoms with E-state index in [9.17, 15) is 4.79 Å². The fraction of sp³-hybridized carbons (Fsp3) is 0.741. The van der Waals surface area contributed by atoms with Gasteiger partial charge < -0.3 is 14.7 Å². The van der Waals surface area contributed by atoms with E-state index in [0.717, 1.165) is 45.1 Å². The summed E-state index contributed by atoms with van der Waals surface area (Å²) in [5.41, 5.74) is 2.62. The highest BCUT2D eigenvalue weighted by Gasteiger charge is 2.33. The van der Waals surface area contributed by atoms with Crippen molar-refractivity contribution >= 4 is 5.97 Å². The molecule has 34 heavy (non-hydrogen) atoms. The van der Waals surface area contributed by atoms with E-state index in [1.165, 1.54) is 49.8 Å². The summed E-state index contributed by atoms with van der Waals surface area (Å²) >= 11 is 0. The van der Waals surface area contributed by atoms with Crippen molar-refractivity contribution in [3.8, 4) is 0 Å². The summed E-state index contributed by atoms with van der Waals surface area (Å²) in [6, 6.07) is 8.90. The molecule has 1 N–H and O–H groups in total. The molecule has 1 heterocycles. The zero-order valence-electron chi connectivity index (χ0n) is 21.5. The molecule has 1 aromatic rings. The normalized spacial score (nSPS) is 22.1. The number of nitrogens with zero attached hydrogens (tertiary/aromatic N) is 3. The first kappa shape index (κ1) is 27.1. The molecule has 7 nitrogen and oxygen atoms in total. The number of hydrogen-bond acceptors (Lipinski definition) is 6. The van der Waals surface area contributed by atoms with E-state index in [1.807, 2.05) is 5.06 Å². The Morgan fingerprint density at radius 1 is 1.18 bits per heavy atom. The van der Waals surface area contributed by atoms with Gasteiger partial charge in [-0.3, -0.25) is 9.74 Å². The monoisotopic (exact) mass is 475 g/mol. The average Bonchev–Trinajstić information content (AvgIpc) is 3.19. The van der Waals surface area contributed by atoms with Gasteiger partial charge in [0.2, 0.25) is 0 Å². The second-order valence-corrected chi connectivity index (χ2v) is 10.4. The lowest BCUT2D eigenvalue weighted by atomic mass is 9.89. The van der Waals surface area contributed by atoms with Crippen LogP contribution in [0.2, 0.25) is 0 Å². The van der Waals surface area contributed by atoms with E-state index in [2.05, 4.69) is 55.1 Å². The third-order valence-corrected chi connectivity index (χ3v) is 7.14. The third kappa shape index (κ3) is 9.27. The Kier molecular flexibility index (Phi) is 11.3. The lowest BCUT2D eigenvalue weighted by Gasteiger charge is -2.30. The maximum absolute atomic E-state index is 10.7. The molecule has 1 saturated carbocycles. The predicted molar refractivity (Wildman–Crippen MR) is 134 cm³/mol. The van der Waals surface area contributed by atoms with E-state index < -0.39 is 5.97 Å². The van der Waals surface area contributed by atoms with Crippen LogP contribution >= 0.6 is 0 Å². The van der Waals surface area contributed by atoms with Crippen LogP contribution in [0.1, 0.15) is 56.6 Å². The lowest BCUT2D eigenvalue weighted by molar-refractivity contribution is -0.171. The highest BCUT2D eigenvalue weighted by atomic mass is 16.7. The van der Waals surface area contributed by atoms with Crippen LogP contribution in [0.5, 0.6) is 0 Å². The van der Waals surface area contributed by atoms with Crippen LogP contribution in [-0.2, 0) is 27.5 Å². The Labute approximate surface area is 205 Å². The van der Waals surface area contributed by atoms with E-state index in [1.54, 1.807) is 0 Å². The molecule has 1 aliphatic heterocycles. The van der Waals surface area contributed by atoms with Gasteiger partial charge in [0.25, 0.3) is 0 Å². The zero-order valence-corrected chi connectivity index (χ0v) is 21.5. The first-order valence-corrected chi connectivity index (χ1v) is 13.1. The van der Waals surface area contributed by atoms with Crippen LogP contribution in [-0.4, -0.2) is 85.5 Å². The van der Waals surface area contributed by atoms with E-state index >= 15 is 0 Å². The Balaban J connectivity index is 1.56. The first-order valence-electron chi connectivity index (χ1n) is 13.1. The first-order chi connectivity index (χ1) is 16.4. The molecule has 1 aromatic carbocycles. The number of rotatable bonds is 14. The topological polar surface area (TPSA) is 65.5 Å². The summed E-state index contributed by atoms with van der Waals surface area (Å²) in [5, 5.41) is 10.8. The molecular weight excluding hydrogens is 430 g/mol. The van der Waals surface area contributed by atoms with E-state index in [0.29, 0.717) is 12.5 Å². The molecule has 1 aliphatic carbocycles. The molecule has 2 atom stereocenters. The van der Waals surface area contributed by atoms with Gasteiger partial charge in [0.1, 0.15) is 12.7 Å². The number of carboxylic acids is 1. The Morgan fingerprint density at radius 3 is 2.65 bits per heavy atom. The van der Waals surface area contributed by atoms with Crippen molar-refractivity contribution in [1.82, 2.24) is 14.9 Å². The molecule has 0 unspecified atom stereocenters. The van der Waals surface area contributed by atoms with Gasteiger partial charge in [0, 0.05) is 45.2 Å². The molecule has 1 saturated heterocycles. The number of carbonyl (C=O) groups is 1. The summed E-state index contributed by atoms with van der Waals surface area (Å²) in [5.74, 6) is 0.250. The highest BCUT2D eigenvalue weighted by molar-refractivity contribution is 5.67. The van der Waals surface area contributed by atoms with E-state index in [4.69, 9.17) is 14.7 Å². The fourth-order valence-corrected chi connectivity index (χ4v) is 5.22. The van der Waals surface area contributed by atoms with Crippen molar-refractivity contribution in [3.05, 3.63) is 35.4 Å². The van der Waals surface area contributed by atoms with Crippen molar-refractivity contribution in [2.45, 2.75) is 64.6 Å². The Bertz CT molecular complexity index is 738. The van der Waals surface area contributed by atoms with Crippen molar-refractivity contribution < 1.29 is 19.5 Å². The summed E-state index contributed by atoms with van der Waals surface area (Å²) < 4.78 is 5.31. The van der Waals surface area contributed by atoms with Crippen molar-refractivity contribution in [2.75, 3.05) is 53.5 Å². The van der Waals surface area contributed by atoms with Crippen LogP contribution in [0.3, 0.4) is 0 Å². The molecule has 0 spiro atoms. The minimum atomic E-state index is -0.942. The van der Waals surface area contributed by atoms with Crippen LogP contribution < -0.4 is 0 Å². The molecule has 192 valence electrons. The second-order valence-electron chi connectivity index (χ2n) is 10.4. The van der Waals surface area contributed by atoms with Gasteiger partial charge in [-0.1, -0.05) is 50.5 Å². The maximum atomic E-state index is 10.7. The number of aliphatic carboxylic acids is 1. The number of benzene rings is 1. The van der Waals surface area contributed by atoms with Crippen LogP contribution in [0.4, 0.5) is 0 Å². The van der Waals surface area contributed by atoms with Crippen LogP contribution in [0, 0.1) is 11.8 Å². The number of hydrogen-bond donors (Lipinski definition) is 1. The quantitative estimate of drug-likeness (QED) is 0.438. The molecule has 0 bridgehead atoms. The largest absolute Gasteiger partial charge is 0.480 e. The maximum Gasteiger partial charge on any atom is 0.329 e. The van der Waals surface area contributed by atoms with Crippen molar-refractivity contribution in [1.29, 1.82) is 0 Å². The number of carboxylic acid groups (broad SMARTS) is 1. The minimum Gasteiger partial charge on any atom is -0.480 e. The smallest absolute Gasteiger partial charge is 0.329 e. The molecule has 2 aliphatic rings. The van der Waals surface area contributed by atoms with Gasteiger partial charge in [-0.2, -0.15) is 5.06 Å². The number of likely N-dealkylation sites (N-methyl/N-ethyl adjacent to an activating group) is 1.